The van der Waals surface area contributed by atoms with Crippen molar-refractivity contribution in [1.29, 1.82) is 0 Å². The molecule has 0 radical (unpaired) electrons. The van der Waals surface area contributed by atoms with Crippen LogP contribution in [0.2, 0.25) is 0 Å². The van der Waals surface area contributed by atoms with Gasteiger partial charge in [-0.3, -0.25) is 0 Å². The fourth-order valence-corrected chi connectivity index (χ4v) is 3.32. The summed E-state index contributed by atoms with van der Waals surface area (Å²) in [6.45, 7) is 7.49. The molecule has 0 bridgehead atoms. The lowest BCUT2D eigenvalue weighted by molar-refractivity contribution is 0.127. The van der Waals surface area contributed by atoms with Gasteiger partial charge in [0.15, 0.2) is 0 Å². The SMILES string of the molecule is CC1CCN(CCCCCCCCCS)C(C)C1. The Morgan fingerprint density at radius 2 is 1.56 bits per heavy atom. The molecule has 0 aromatic heterocycles. The van der Waals surface area contributed by atoms with Gasteiger partial charge < -0.3 is 4.90 Å². The summed E-state index contributed by atoms with van der Waals surface area (Å²) < 4.78 is 0. The van der Waals surface area contributed by atoms with Crippen molar-refractivity contribution >= 4 is 12.6 Å². The summed E-state index contributed by atoms with van der Waals surface area (Å²) in [5, 5.41) is 0. The van der Waals surface area contributed by atoms with E-state index in [4.69, 9.17) is 0 Å². The van der Waals surface area contributed by atoms with Crippen LogP contribution in [-0.2, 0) is 0 Å². The van der Waals surface area contributed by atoms with Gasteiger partial charge in [-0.05, 0) is 57.4 Å². The molecule has 0 aliphatic carbocycles. The third-order valence-corrected chi connectivity index (χ3v) is 4.70. The van der Waals surface area contributed by atoms with Gasteiger partial charge in [0.25, 0.3) is 0 Å². The standard InChI is InChI=1S/C16H33NS/c1-15-10-12-17(16(2)14-15)11-8-6-4-3-5-7-9-13-18/h15-16,18H,3-14H2,1-2H3. The summed E-state index contributed by atoms with van der Waals surface area (Å²) in [6, 6.07) is 0.823. The van der Waals surface area contributed by atoms with E-state index < -0.39 is 0 Å². The molecule has 1 nitrogen and oxygen atoms in total. The Morgan fingerprint density at radius 1 is 0.944 bits per heavy atom. The van der Waals surface area contributed by atoms with E-state index in [0.29, 0.717) is 0 Å². The monoisotopic (exact) mass is 271 g/mol. The van der Waals surface area contributed by atoms with E-state index in [0.717, 1.165) is 17.7 Å². The van der Waals surface area contributed by atoms with Crippen molar-refractivity contribution in [3.05, 3.63) is 0 Å². The molecule has 1 aliphatic rings. The van der Waals surface area contributed by atoms with Crippen LogP contribution in [0, 0.1) is 5.92 Å². The first kappa shape index (κ1) is 16.4. The summed E-state index contributed by atoms with van der Waals surface area (Å²) in [4.78, 5) is 2.71. The highest BCUT2D eigenvalue weighted by molar-refractivity contribution is 7.80. The Hall–Kier alpha value is 0.310. The molecule has 0 aromatic carbocycles. The van der Waals surface area contributed by atoms with Crippen LogP contribution in [0.4, 0.5) is 0 Å². The van der Waals surface area contributed by atoms with Crippen molar-refractivity contribution in [2.24, 2.45) is 5.92 Å². The van der Waals surface area contributed by atoms with Gasteiger partial charge in [0.2, 0.25) is 0 Å². The molecule has 1 fully saturated rings. The molecule has 2 atom stereocenters. The molecule has 0 N–H and O–H groups in total. The molecule has 1 saturated heterocycles. The Labute approximate surface area is 120 Å². The molecule has 1 aliphatic heterocycles. The summed E-state index contributed by atoms with van der Waals surface area (Å²) in [5.41, 5.74) is 0. The Bertz CT molecular complexity index is 196. The zero-order valence-corrected chi connectivity index (χ0v) is 13.4. The van der Waals surface area contributed by atoms with Crippen LogP contribution in [0.1, 0.15) is 71.6 Å². The lowest BCUT2D eigenvalue weighted by Crippen LogP contribution is -2.40. The zero-order valence-electron chi connectivity index (χ0n) is 12.5. The maximum Gasteiger partial charge on any atom is 0.00694 e. The first-order valence-corrected chi connectivity index (χ1v) is 8.72. The van der Waals surface area contributed by atoms with Crippen LogP contribution in [0.15, 0.2) is 0 Å². The minimum atomic E-state index is 0.823. The second kappa shape index (κ2) is 10.1. The number of nitrogens with zero attached hydrogens (tertiary/aromatic N) is 1. The van der Waals surface area contributed by atoms with Crippen molar-refractivity contribution in [2.75, 3.05) is 18.8 Å². The first-order valence-electron chi connectivity index (χ1n) is 8.09. The lowest BCUT2D eigenvalue weighted by atomic mass is 9.93. The van der Waals surface area contributed by atoms with E-state index in [1.165, 1.54) is 70.9 Å². The quantitative estimate of drug-likeness (QED) is 0.467. The topological polar surface area (TPSA) is 3.24 Å². The summed E-state index contributed by atoms with van der Waals surface area (Å²) >= 11 is 4.25. The van der Waals surface area contributed by atoms with Crippen LogP contribution < -0.4 is 0 Å². The Balaban J connectivity index is 1.91. The van der Waals surface area contributed by atoms with Crippen molar-refractivity contribution in [3.63, 3.8) is 0 Å². The number of hydrogen-bond acceptors (Lipinski definition) is 2. The molecule has 108 valence electrons. The van der Waals surface area contributed by atoms with Crippen molar-refractivity contribution in [3.8, 4) is 0 Å². The maximum atomic E-state index is 4.25. The second-order valence-corrected chi connectivity index (χ2v) is 6.66. The van der Waals surface area contributed by atoms with Gasteiger partial charge in [0.05, 0.1) is 0 Å². The van der Waals surface area contributed by atoms with Crippen LogP contribution in [0.3, 0.4) is 0 Å². The van der Waals surface area contributed by atoms with Crippen molar-refractivity contribution < 1.29 is 0 Å². The Kier molecular flexibility index (Phi) is 9.22. The highest BCUT2D eigenvalue weighted by Crippen LogP contribution is 2.22. The normalized spacial score (nSPS) is 25.5. The summed E-state index contributed by atoms with van der Waals surface area (Å²) in [5.74, 6) is 2.01. The fraction of sp³-hybridized carbons (Fsp3) is 1.00. The van der Waals surface area contributed by atoms with Crippen molar-refractivity contribution in [1.82, 2.24) is 4.90 Å². The lowest BCUT2D eigenvalue weighted by Gasteiger charge is -2.36. The largest absolute Gasteiger partial charge is 0.301 e. The van der Waals surface area contributed by atoms with Gasteiger partial charge in [-0.25, -0.2) is 0 Å². The summed E-state index contributed by atoms with van der Waals surface area (Å²) in [7, 11) is 0. The van der Waals surface area contributed by atoms with Gasteiger partial charge in [-0.15, -0.1) is 0 Å². The predicted molar refractivity (Wildman–Crippen MR) is 85.6 cm³/mol. The predicted octanol–water partition coefficient (Wildman–Crippen LogP) is 4.77. The van der Waals surface area contributed by atoms with Gasteiger partial charge in [-0.1, -0.05) is 39.0 Å². The molecule has 0 aromatic rings. The summed E-state index contributed by atoms with van der Waals surface area (Å²) in [6.07, 6.45) is 12.6. The van der Waals surface area contributed by atoms with Gasteiger partial charge in [0, 0.05) is 6.04 Å². The van der Waals surface area contributed by atoms with Crippen LogP contribution >= 0.6 is 12.6 Å². The van der Waals surface area contributed by atoms with Crippen LogP contribution in [0.5, 0.6) is 0 Å². The molecule has 1 rings (SSSR count). The highest BCUT2D eigenvalue weighted by atomic mass is 32.1. The van der Waals surface area contributed by atoms with Gasteiger partial charge in [0.1, 0.15) is 0 Å². The van der Waals surface area contributed by atoms with Gasteiger partial charge in [-0.2, -0.15) is 12.6 Å². The molecule has 2 unspecified atom stereocenters. The fourth-order valence-electron chi connectivity index (χ4n) is 3.10. The third-order valence-electron chi connectivity index (χ3n) is 4.38. The molecule has 0 amide bonds. The number of piperidine rings is 1. The van der Waals surface area contributed by atoms with Crippen LogP contribution in [0.25, 0.3) is 0 Å². The number of likely N-dealkylation sites (tertiary alicyclic amines) is 1. The minimum Gasteiger partial charge on any atom is -0.301 e. The molecular formula is C16H33NS. The number of rotatable bonds is 9. The number of thiol groups is 1. The van der Waals surface area contributed by atoms with Crippen molar-refractivity contribution in [2.45, 2.75) is 77.7 Å². The molecule has 0 spiro atoms. The number of unbranched alkanes of at least 4 members (excludes halogenated alkanes) is 6. The van der Waals surface area contributed by atoms with E-state index in [1.807, 2.05) is 0 Å². The van der Waals surface area contributed by atoms with E-state index in [9.17, 15) is 0 Å². The van der Waals surface area contributed by atoms with E-state index >= 15 is 0 Å². The zero-order chi connectivity index (χ0) is 13.2. The van der Waals surface area contributed by atoms with E-state index in [2.05, 4.69) is 31.4 Å². The molecular weight excluding hydrogens is 238 g/mol. The Morgan fingerprint density at radius 3 is 2.17 bits per heavy atom. The third kappa shape index (κ3) is 7.04. The maximum absolute atomic E-state index is 4.25. The van der Waals surface area contributed by atoms with E-state index in [-0.39, 0.29) is 0 Å². The first-order chi connectivity index (χ1) is 8.74. The average molecular weight is 272 g/mol. The smallest absolute Gasteiger partial charge is 0.00694 e. The average Bonchev–Trinajstić information content (AvgIpc) is 2.35. The minimum absolute atomic E-state index is 0.823. The molecule has 0 saturated carbocycles. The van der Waals surface area contributed by atoms with E-state index in [1.54, 1.807) is 0 Å². The van der Waals surface area contributed by atoms with Crippen LogP contribution in [-0.4, -0.2) is 29.8 Å². The highest BCUT2D eigenvalue weighted by Gasteiger charge is 2.21. The molecule has 1 heterocycles. The molecule has 18 heavy (non-hydrogen) atoms. The number of hydrogen-bond donors (Lipinski definition) is 1. The second-order valence-electron chi connectivity index (χ2n) is 6.21. The van der Waals surface area contributed by atoms with Gasteiger partial charge >= 0.3 is 0 Å². The molecule has 2 heteroatoms.